The average Bonchev–Trinajstić information content (AvgIpc) is 2.55. The fourth-order valence-corrected chi connectivity index (χ4v) is 2.37. The molecule has 0 radical (unpaired) electrons. The molecule has 0 saturated carbocycles. The van der Waals surface area contributed by atoms with Crippen LogP contribution in [-0.4, -0.2) is 16.0 Å². The SMILES string of the molecule is [SeH]c1ccc(-c2ccco2)s1. The van der Waals surface area contributed by atoms with Crippen molar-refractivity contribution in [3.05, 3.63) is 30.5 Å². The van der Waals surface area contributed by atoms with E-state index in [-0.39, 0.29) is 0 Å². The van der Waals surface area contributed by atoms with Crippen LogP contribution in [0.3, 0.4) is 0 Å². The molecule has 0 bridgehead atoms. The number of hydrogen-bond acceptors (Lipinski definition) is 2. The van der Waals surface area contributed by atoms with Gasteiger partial charge in [0, 0.05) is 0 Å². The van der Waals surface area contributed by atoms with E-state index in [1.807, 2.05) is 12.1 Å². The number of furan rings is 1. The Morgan fingerprint density at radius 2 is 2.18 bits per heavy atom. The Labute approximate surface area is 76.9 Å². The second-order valence-corrected chi connectivity index (χ2v) is 4.87. The molecule has 0 aliphatic rings. The van der Waals surface area contributed by atoms with Crippen LogP contribution in [0, 0.1) is 0 Å². The van der Waals surface area contributed by atoms with Crippen molar-refractivity contribution in [3.63, 3.8) is 0 Å². The van der Waals surface area contributed by atoms with E-state index >= 15 is 0 Å². The monoisotopic (exact) mass is 230 g/mol. The van der Waals surface area contributed by atoms with E-state index in [2.05, 4.69) is 28.1 Å². The average molecular weight is 229 g/mol. The van der Waals surface area contributed by atoms with Gasteiger partial charge in [0.05, 0.1) is 0 Å². The van der Waals surface area contributed by atoms with Crippen molar-refractivity contribution in [2.45, 2.75) is 0 Å². The zero-order chi connectivity index (χ0) is 7.68. The van der Waals surface area contributed by atoms with Crippen LogP contribution in [0.4, 0.5) is 0 Å². The summed E-state index contributed by atoms with van der Waals surface area (Å²) >= 11 is 4.25. The third-order valence-corrected chi connectivity index (χ3v) is 3.15. The van der Waals surface area contributed by atoms with Crippen LogP contribution >= 0.6 is 11.3 Å². The minimum atomic E-state index is 0.951. The summed E-state index contributed by atoms with van der Waals surface area (Å²) in [6.45, 7) is 0. The van der Waals surface area contributed by atoms with Crippen molar-refractivity contribution >= 4 is 31.1 Å². The Morgan fingerprint density at radius 3 is 2.73 bits per heavy atom. The molecule has 0 aliphatic carbocycles. The van der Waals surface area contributed by atoms with Crippen molar-refractivity contribution < 1.29 is 4.42 Å². The van der Waals surface area contributed by atoms with E-state index in [9.17, 15) is 0 Å². The predicted molar refractivity (Wildman–Crippen MR) is 48.8 cm³/mol. The molecule has 0 N–H and O–H groups in total. The molecule has 2 aromatic heterocycles. The summed E-state index contributed by atoms with van der Waals surface area (Å²) < 4.78 is 6.49. The third-order valence-electron chi connectivity index (χ3n) is 1.36. The molecule has 0 aromatic carbocycles. The van der Waals surface area contributed by atoms with Gasteiger partial charge in [0.1, 0.15) is 0 Å². The first-order chi connectivity index (χ1) is 5.36. The zero-order valence-corrected chi connectivity index (χ0v) is 8.34. The van der Waals surface area contributed by atoms with Crippen LogP contribution in [0.2, 0.25) is 0 Å². The van der Waals surface area contributed by atoms with Gasteiger partial charge >= 0.3 is 76.7 Å². The molecular weight excluding hydrogens is 223 g/mol. The number of rotatable bonds is 1. The number of thiophene rings is 1. The molecule has 0 atom stereocenters. The van der Waals surface area contributed by atoms with Crippen LogP contribution in [0.1, 0.15) is 0 Å². The van der Waals surface area contributed by atoms with Gasteiger partial charge in [-0.1, -0.05) is 0 Å². The Kier molecular flexibility index (Phi) is 1.86. The van der Waals surface area contributed by atoms with Crippen LogP contribution in [-0.2, 0) is 0 Å². The first-order valence-electron chi connectivity index (χ1n) is 3.19. The van der Waals surface area contributed by atoms with Crippen molar-refractivity contribution in [1.82, 2.24) is 0 Å². The summed E-state index contributed by atoms with van der Waals surface area (Å²) in [7, 11) is 0. The molecule has 0 spiro atoms. The molecule has 0 saturated heterocycles. The van der Waals surface area contributed by atoms with E-state index in [4.69, 9.17) is 4.42 Å². The van der Waals surface area contributed by atoms with E-state index < -0.39 is 0 Å². The van der Waals surface area contributed by atoms with Crippen molar-refractivity contribution in [3.8, 4) is 10.6 Å². The van der Waals surface area contributed by atoms with E-state index in [1.165, 1.54) is 8.65 Å². The molecule has 11 heavy (non-hydrogen) atoms. The van der Waals surface area contributed by atoms with E-state index in [0.29, 0.717) is 0 Å². The third kappa shape index (κ3) is 1.41. The molecule has 3 heteroatoms. The quantitative estimate of drug-likeness (QED) is 0.676. The van der Waals surface area contributed by atoms with Gasteiger partial charge in [-0.15, -0.1) is 0 Å². The fourth-order valence-electron chi connectivity index (χ4n) is 0.879. The second kappa shape index (κ2) is 2.86. The molecule has 56 valence electrons. The Hall–Kier alpha value is -0.501. The van der Waals surface area contributed by atoms with Gasteiger partial charge in [-0.25, -0.2) is 0 Å². The first-order valence-corrected chi connectivity index (χ1v) is 4.94. The maximum atomic E-state index is 5.24. The van der Waals surface area contributed by atoms with E-state index in [0.717, 1.165) is 5.76 Å². The summed E-state index contributed by atoms with van der Waals surface area (Å²) in [5.41, 5.74) is 0. The van der Waals surface area contributed by atoms with Crippen LogP contribution < -0.4 is 3.78 Å². The predicted octanol–water partition coefficient (Wildman–Crippen LogP) is 1.53. The van der Waals surface area contributed by atoms with Gasteiger partial charge in [-0.2, -0.15) is 0 Å². The molecule has 2 heterocycles. The van der Waals surface area contributed by atoms with Gasteiger partial charge in [0.15, 0.2) is 0 Å². The standard InChI is InChI=1S/C8H6OSSe/c11-8-4-3-7(10-8)6-2-1-5-9-6/h1-5,11H. The summed E-state index contributed by atoms with van der Waals surface area (Å²) in [6, 6.07) is 8.01. The van der Waals surface area contributed by atoms with Crippen LogP contribution in [0.15, 0.2) is 34.9 Å². The molecule has 2 aromatic rings. The van der Waals surface area contributed by atoms with Crippen molar-refractivity contribution in [2.24, 2.45) is 0 Å². The minimum absolute atomic E-state index is 0.951. The molecule has 0 unspecified atom stereocenters. The van der Waals surface area contributed by atoms with Gasteiger partial charge in [-0.05, 0) is 0 Å². The Bertz CT molecular complexity index is 337. The van der Waals surface area contributed by atoms with Crippen molar-refractivity contribution in [2.75, 3.05) is 0 Å². The van der Waals surface area contributed by atoms with E-state index in [1.54, 1.807) is 17.6 Å². The fraction of sp³-hybridized carbons (Fsp3) is 0. The summed E-state index contributed by atoms with van der Waals surface area (Å²) in [5.74, 6) is 0.951. The molecule has 2 rings (SSSR count). The van der Waals surface area contributed by atoms with Gasteiger partial charge in [0.25, 0.3) is 0 Å². The summed E-state index contributed by atoms with van der Waals surface area (Å²) in [4.78, 5) is 1.19. The molecule has 0 fully saturated rings. The molecule has 0 aliphatic heterocycles. The molecule has 1 nitrogen and oxygen atoms in total. The topological polar surface area (TPSA) is 13.1 Å². The Balaban J connectivity index is 2.45. The number of hydrogen-bond donors (Lipinski definition) is 0. The first kappa shape index (κ1) is 7.16. The Morgan fingerprint density at radius 1 is 1.27 bits per heavy atom. The van der Waals surface area contributed by atoms with Crippen LogP contribution in [0.5, 0.6) is 0 Å². The van der Waals surface area contributed by atoms with Gasteiger partial charge < -0.3 is 0 Å². The second-order valence-electron chi connectivity index (χ2n) is 2.12. The van der Waals surface area contributed by atoms with Gasteiger partial charge in [-0.3, -0.25) is 0 Å². The van der Waals surface area contributed by atoms with Crippen molar-refractivity contribution in [1.29, 1.82) is 0 Å². The zero-order valence-electron chi connectivity index (χ0n) is 5.65. The summed E-state index contributed by atoms with van der Waals surface area (Å²) in [5, 5.41) is 0. The van der Waals surface area contributed by atoms with Crippen LogP contribution in [0.25, 0.3) is 10.6 Å². The van der Waals surface area contributed by atoms with Gasteiger partial charge in [0.2, 0.25) is 0 Å². The summed E-state index contributed by atoms with van der Waals surface area (Å²) in [6.07, 6.45) is 1.69. The molecular formula is C8H6OSSe. The molecule has 0 amide bonds. The maximum absolute atomic E-state index is 5.24. The normalized spacial score (nSPS) is 10.3.